The lowest BCUT2D eigenvalue weighted by Crippen LogP contribution is -2.35. The summed E-state index contributed by atoms with van der Waals surface area (Å²) in [5.74, 6) is -1.96. The van der Waals surface area contributed by atoms with E-state index in [4.69, 9.17) is 0 Å². The zero-order chi connectivity index (χ0) is 13.8. The van der Waals surface area contributed by atoms with Crippen LogP contribution in [0.15, 0.2) is 18.2 Å². The Bertz CT molecular complexity index is 448. The Hall–Kier alpha value is -1.53. The second-order valence-corrected chi connectivity index (χ2v) is 4.67. The van der Waals surface area contributed by atoms with Crippen LogP contribution < -0.4 is 10.6 Å². The quantitative estimate of drug-likeness (QED) is 0.732. The van der Waals surface area contributed by atoms with Crippen LogP contribution in [0.25, 0.3) is 0 Å². The highest BCUT2D eigenvalue weighted by molar-refractivity contribution is 5.78. The molecule has 0 spiro atoms. The molecule has 1 aromatic carbocycles. The molecule has 0 saturated carbocycles. The third kappa shape index (κ3) is 3.48. The Morgan fingerprint density at radius 2 is 2.05 bits per heavy atom. The van der Waals surface area contributed by atoms with Crippen LogP contribution in [0.3, 0.4) is 0 Å². The van der Waals surface area contributed by atoms with Crippen LogP contribution in [0.5, 0.6) is 0 Å². The molecule has 104 valence electrons. The number of halogens is 2. The molecule has 2 atom stereocenters. The SMILES string of the molecule is O=C(Cc1c(F)cccc1F)NCC1CNCC1O. The molecule has 0 bridgehead atoms. The Balaban J connectivity index is 1.87. The number of aliphatic hydroxyl groups excluding tert-OH is 1. The summed E-state index contributed by atoms with van der Waals surface area (Å²) in [7, 11) is 0. The number of β-amino-alcohol motifs (C(OH)–C–C–N with tert-alkyl or cyclic N) is 1. The number of rotatable bonds is 4. The fourth-order valence-electron chi connectivity index (χ4n) is 2.10. The maximum absolute atomic E-state index is 13.3. The summed E-state index contributed by atoms with van der Waals surface area (Å²) >= 11 is 0. The van der Waals surface area contributed by atoms with E-state index in [9.17, 15) is 18.7 Å². The van der Waals surface area contributed by atoms with Gasteiger partial charge in [-0.2, -0.15) is 0 Å². The van der Waals surface area contributed by atoms with Gasteiger partial charge in [-0.25, -0.2) is 8.78 Å². The molecular formula is C13H16F2N2O2. The summed E-state index contributed by atoms with van der Waals surface area (Å²) in [6.07, 6.45) is -0.833. The van der Waals surface area contributed by atoms with E-state index in [-0.39, 0.29) is 17.9 Å². The third-order valence-corrected chi connectivity index (χ3v) is 3.26. The largest absolute Gasteiger partial charge is 0.391 e. The maximum Gasteiger partial charge on any atom is 0.224 e. The van der Waals surface area contributed by atoms with Crippen LogP contribution in [-0.4, -0.2) is 36.8 Å². The van der Waals surface area contributed by atoms with E-state index in [1.165, 1.54) is 6.07 Å². The maximum atomic E-state index is 13.3. The number of hydrogen-bond donors (Lipinski definition) is 3. The first-order valence-corrected chi connectivity index (χ1v) is 6.16. The molecule has 1 heterocycles. The average Bonchev–Trinajstić information content (AvgIpc) is 2.77. The summed E-state index contributed by atoms with van der Waals surface area (Å²) in [5.41, 5.74) is -0.231. The van der Waals surface area contributed by atoms with Crippen molar-refractivity contribution in [2.24, 2.45) is 5.92 Å². The number of nitrogens with one attached hydrogen (secondary N) is 2. The standard InChI is InChI=1S/C13H16F2N2O2/c14-10-2-1-3-11(15)9(10)4-13(19)17-6-8-5-16-7-12(8)18/h1-3,8,12,16,18H,4-7H2,(H,17,19). The molecule has 0 aromatic heterocycles. The predicted octanol–water partition coefficient (Wildman–Crippen LogP) is 0.204. The third-order valence-electron chi connectivity index (χ3n) is 3.26. The zero-order valence-corrected chi connectivity index (χ0v) is 10.3. The number of hydrogen-bond acceptors (Lipinski definition) is 3. The summed E-state index contributed by atoms with van der Waals surface area (Å²) in [4.78, 5) is 11.6. The minimum Gasteiger partial charge on any atom is -0.391 e. The molecule has 1 aliphatic rings. The monoisotopic (exact) mass is 270 g/mol. The Kier molecular flexibility index (Phi) is 4.44. The molecular weight excluding hydrogens is 254 g/mol. The second-order valence-electron chi connectivity index (χ2n) is 4.67. The van der Waals surface area contributed by atoms with Gasteiger partial charge in [-0.3, -0.25) is 4.79 Å². The Labute approximate surface area is 109 Å². The van der Waals surface area contributed by atoms with Gasteiger partial charge in [0, 0.05) is 31.1 Å². The van der Waals surface area contributed by atoms with Crippen molar-refractivity contribution in [2.75, 3.05) is 19.6 Å². The van der Waals surface area contributed by atoms with Crippen LogP contribution in [0, 0.1) is 17.6 Å². The van der Waals surface area contributed by atoms with Crippen LogP contribution in [-0.2, 0) is 11.2 Å². The van der Waals surface area contributed by atoms with Crippen molar-refractivity contribution in [3.05, 3.63) is 35.4 Å². The fraction of sp³-hybridized carbons (Fsp3) is 0.462. The van der Waals surface area contributed by atoms with Gasteiger partial charge in [-0.05, 0) is 12.1 Å². The first-order valence-electron chi connectivity index (χ1n) is 6.16. The molecule has 1 saturated heterocycles. The molecule has 1 aromatic rings. The number of benzene rings is 1. The highest BCUT2D eigenvalue weighted by Crippen LogP contribution is 2.13. The number of carbonyl (C=O) groups is 1. The normalized spacial score (nSPS) is 22.5. The van der Waals surface area contributed by atoms with Crippen molar-refractivity contribution in [1.82, 2.24) is 10.6 Å². The number of carbonyl (C=O) groups excluding carboxylic acids is 1. The average molecular weight is 270 g/mol. The highest BCUT2D eigenvalue weighted by atomic mass is 19.1. The number of aliphatic hydroxyl groups is 1. The molecule has 1 aliphatic heterocycles. The summed E-state index contributed by atoms with van der Waals surface area (Å²) in [6.45, 7) is 1.42. The lowest BCUT2D eigenvalue weighted by Gasteiger charge is -2.14. The molecule has 2 rings (SSSR count). The molecule has 0 radical (unpaired) electrons. The van der Waals surface area contributed by atoms with E-state index in [2.05, 4.69) is 10.6 Å². The summed E-state index contributed by atoms with van der Waals surface area (Å²) < 4.78 is 26.7. The molecule has 6 heteroatoms. The van der Waals surface area contributed by atoms with E-state index in [0.29, 0.717) is 19.6 Å². The summed E-state index contributed by atoms with van der Waals surface area (Å²) in [6, 6.07) is 3.50. The lowest BCUT2D eigenvalue weighted by molar-refractivity contribution is -0.120. The Morgan fingerprint density at radius 1 is 1.37 bits per heavy atom. The van der Waals surface area contributed by atoms with Gasteiger partial charge in [0.05, 0.1) is 12.5 Å². The van der Waals surface area contributed by atoms with E-state index < -0.39 is 23.6 Å². The van der Waals surface area contributed by atoms with Crippen molar-refractivity contribution < 1.29 is 18.7 Å². The first-order chi connectivity index (χ1) is 9.08. The first kappa shape index (κ1) is 13.9. The van der Waals surface area contributed by atoms with Crippen LogP contribution in [0.1, 0.15) is 5.56 Å². The van der Waals surface area contributed by atoms with Crippen molar-refractivity contribution in [2.45, 2.75) is 12.5 Å². The van der Waals surface area contributed by atoms with Gasteiger partial charge < -0.3 is 15.7 Å². The van der Waals surface area contributed by atoms with Crippen molar-refractivity contribution in [1.29, 1.82) is 0 Å². The van der Waals surface area contributed by atoms with Gasteiger partial charge in [0.2, 0.25) is 5.91 Å². The Morgan fingerprint density at radius 3 is 2.63 bits per heavy atom. The highest BCUT2D eigenvalue weighted by Gasteiger charge is 2.25. The molecule has 2 unspecified atom stereocenters. The van der Waals surface area contributed by atoms with E-state index in [0.717, 1.165) is 12.1 Å². The van der Waals surface area contributed by atoms with Gasteiger partial charge in [0.25, 0.3) is 0 Å². The minimum atomic E-state index is -0.724. The fourth-order valence-corrected chi connectivity index (χ4v) is 2.10. The molecule has 3 N–H and O–H groups in total. The zero-order valence-electron chi connectivity index (χ0n) is 10.3. The van der Waals surface area contributed by atoms with E-state index in [1.807, 2.05) is 0 Å². The minimum absolute atomic E-state index is 0.0607. The van der Waals surface area contributed by atoms with E-state index >= 15 is 0 Å². The van der Waals surface area contributed by atoms with Crippen LogP contribution in [0.4, 0.5) is 8.78 Å². The molecule has 0 aliphatic carbocycles. The van der Waals surface area contributed by atoms with Gasteiger partial charge in [-0.1, -0.05) is 6.07 Å². The van der Waals surface area contributed by atoms with Crippen molar-refractivity contribution in [3.8, 4) is 0 Å². The smallest absolute Gasteiger partial charge is 0.224 e. The van der Waals surface area contributed by atoms with Gasteiger partial charge >= 0.3 is 0 Å². The molecule has 4 nitrogen and oxygen atoms in total. The van der Waals surface area contributed by atoms with Crippen molar-refractivity contribution in [3.63, 3.8) is 0 Å². The number of amides is 1. The van der Waals surface area contributed by atoms with Gasteiger partial charge in [-0.15, -0.1) is 0 Å². The lowest BCUT2D eigenvalue weighted by atomic mass is 10.1. The van der Waals surface area contributed by atoms with Gasteiger partial charge in [0.1, 0.15) is 11.6 Å². The summed E-state index contributed by atoms with van der Waals surface area (Å²) in [5, 5.41) is 15.1. The van der Waals surface area contributed by atoms with E-state index in [1.54, 1.807) is 0 Å². The molecule has 1 fully saturated rings. The topological polar surface area (TPSA) is 61.4 Å². The van der Waals surface area contributed by atoms with Crippen LogP contribution in [0.2, 0.25) is 0 Å². The predicted molar refractivity (Wildman–Crippen MR) is 65.4 cm³/mol. The second kappa shape index (κ2) is 6.08. The van der Waals surface area contributed by atoms with Gasteiger partial charge in [0.15, 0.2) is 0 Å². The van der Waals surface area contributed by atoms with Crippen LogP contribution >= 0.6 is 0 Å². The molecule has 1 amide bonds. The van der Waals surface area contributed by atoms with Crippen molar-refractivity contribution >= 4 is 5.91 Å². The molecule has 19 heavy (non-hydrogen) atoms.